The fourth-order valence-electron chi connectivity index (χ4n) is 2.91. The Kier molecular flexibility index (Phi) is 3.13. The molecular formula is C8H13BF3K. The maximum atomic E-state index is 12.4. The van der Waals surface area contributed by atoms with Crippen LogP contribution in [0.15, 0.2) is 0 Å². The number of halogens is 3. The minimum Gasteiger partial charge on any atom is -0.449 e. The van der Waals surface area contributed by atoms with Gasteiger partial charge >= 0.3 is 58.4 Å². The van der Waals surface area contributed by atoms with Gasteiger partial charge in [0.25, 0.3) is 0 Å². The minimum atomic E-state index is -4.56. The van der Waals surface area contributed by atoms with E-state index in [0.717, 1.165) is 0 Å². The Morgan fingerprint density at radius 1 is 1.08 bits per heavy atom. The molecule has 0 N–H and O–H groups in total. The molecule has 0 atom stereocenters. The Morgan fingerprint density at radius 2 is 1.46 bits per heavy atom. The van der Waals surface area contributed by atoms with Crippen molar-refractivity contribution in [3.05, 3.63) is 0 Å². The Balaban J connectivity index is 0.000000845. The van der Waals surface area contributed by atoms with Crippen LogP contribution in [0.25, 0.3) is 0 Å². The van der Waals surface area contributed by atoms with Crippen molar-refractivity contribution in [2.45, 2.75) is 38.4 Å². The summed E-state index contributed by atoms with van der Waals surface area (Å²) in [5, 5.41) is -1.19. The van der Waals surface area contributed by atoms with Crippen molar-refractivity contribution in [1.29, 1.82) is 0 Å². The molecule has 0 radical (unpaired) electrons. The van der Waals surface area contributed by atoms with E-state index >= 15 is 0 Å². The zero-order chi connectivity index (χ0) is 9.20. The van der Waals surface area contributed by atoms with E-state index in [0.29, 0.717) is 25.2 Å². The van der Waals surface area contributed by atoms with Crippen LogP contribution in [0.5, 0.6) is 0 Å². The predicted molar refractivity (Wildman–Crippen MR) is 42.9 cm³/mol. The number of hydrogen-bond acceptors (Lipinski definition) is 0. The molecular weight excluding hydrogens is 203 g/mol. The van der Waals surface area contributed by atoms with Crippen molar-refractivity contribution in [1.82, 2.24) is 0 Å². The molecule has 0 aromatic heterocycles. The maximum Gasteiger partial charge on any atom is 1.00 e. The molecule has 2 bridgehead atoms. The summed E-state index contributed by atoms with van der Waals surface area (Å²) in [6, 6.07) is 0. The van der Waals surface area contributed by atoms with Crippen LogP contribution in [0, 0.1) is 11.3 Å². The first-order valence-corrected chi connectivity index (χ1v) is 4.51. The summed E-state index contributed by atoms with van der Waals surface area (Å²) in [4.78, 5) is 0. The van der Waals surface area contributed by atoms with Crippen LogP contribution >= 0.6 is 0 Å². The summed E-state index contributed by atoms with van der Waals surface area (Å²) in [6.07, 6.45) is 1.25. The van der Waals surface area contributed by atoms with Crippen molar-refractivity contribution in [2.24, 2.45) is 11.3 Å². The van der Waals surface area contributed by atoms with Gasteiger partial charge in [-0.15, -0.1) is 0 Å². The molecule has 0 nitrogen and oxygen atoms in total. The smallest absolute Gasteiger partial charge is 0.449 e. The molecule has 0 amide bonds. The first-order valence-electron chi connectivity index (χ1n) is 4.51. The van der Waals surface area contributed by atoms with E-state index in [4.69, 9.17) is 0 Å². The zero-order valence-corrected chi connectivity index (χ0v) is 11.5. The van der Waals surface area contributed by atoms with Crippen molar-refractivity contribution < 1.29 is 64.3 Å². The first kappa shape index (κ1) is 12.6. The van der Waals surface area contributed by atoms with E-state index in [-0.39, 0.29) is 56.8 Å². The van der Waals surface area contributed by atoms with Gasteiger partial charge in [-0.2, -0.15) is 0 Å². The normalized spacial score (nSPS) is 42.0. The average molecular weight is 216 g/mol. The molecule has 0 heterocycles. The van der Waals surface area contributed by atoms with E-state index in [1.54, 1.807) is 0 Å². The van der Waals surface area contributed by atoms with Crippen LogP contribution in [-0.4, -0.2) is 6.98 Å². The van der Waals surface area contributed by atoms with E-state index in [1.807, 2.05) is 13.8 Å². The summed E-state index contributed by atoms with van der Waals surface area (Å²) in [5.41, 5.74) is 0.0806. The molecule has 0 spiro atoms. The third-order valence-corrected chi connectivity index (χ3v) is 4.03. The molecule has 0 aliphatic heterocycles. The van der Waals surface area contributed by atoms with Gasteiger partial charge in [-0.3, -0.25) is 0 Å². The third-order valence-electron chi connectivity index (χ3n) is 4.03. The molecule has 0 saturated heterocycles. The summed E-state index contributed by atoms with van der Waals surface area (Å²) < 4.78 is 37.3. The van der Waals surface area contributed by atoms with Gasteiger partial charge in [-0.25, -0.2) is 0 Å². The Morgan fingerprint density at radius 3 is 1.69 bits per heavy atom. The molecule has 3 aliphatic carbocycles. The average Bonchev–Trinajstić information content (AvgIpc) is 1.46. The quantitative estimate of drug-likeness (QED) is 0.587. The van der Waals surface area contributed by atoms with E-state index in [1.165, 1.54) is 0 Å². The maximum absolute atomic E-state index is 12.4. The minimum absolute atomic E-state index is 0. The number of rotatable bonds is 2. The van der Waals surface area contributed by atoms with Gasteiger partial charge in [0, 0.05) is 0 Å². The molecule has 3 saturated carbocycles. The van der Waals surface area contributed by atoms with Gasteiger partial charge in [0.05, 0.1) is 0 Å². The topological polar surface area (TPSA) is 0 Å². The van der Waals surface area contributed by atoms with Crippen molar-refractivity contribution in [3.63, 3.8) is 0 Å². The second-order valence-corrected chi connectivity index (χ2v) is 4.98. The molecule has 5 heteroatoms. The van der Waals surface area contributed by atoms with Gasteiger partial charge in [0.15, 0.2) is 0 Å². The summed E-state index contributed by atoms with van der Waals surface area (Å²) in [6.45, 7) is -0.495. The van der Waals surface area contributed by atoms with Crippen LogP contribution in [0.2, 0.25) is 5.31 Å². The Bertz CT molecular complexity index is 204. The van der Waals surface area contributed by atoms with Crippen LogP contribution < -0.4 is 51.4 Å². The van der Waals surface area contributed by atoms with E-state index < -0.39 is 12.3 Å². The Hall–Kier alpha value is 1.49. The monoisotopic (exact) mass is 216 g/mol. The van der Waals surface area contributed by atoms with Crippen LogP contribution in [-0.2, 0) is 0 Å². The predicted octanol–water partition coefficient (Wildman–Crippen LogP) is 0.418. The van der Waals surface area contributed by atoms with Crippen LogP contribution in [0.3, 0.4) is 0 Å². The summed E-state index contributed by atoms with van der Waals surface area (Å²) >= 11 is 0. The first-order chi connectivity index (χ1) is 5.31. The van der Waals surface area contributed by atoms with Gasteiger partial charge < -0.3 is 12.9 Å². The molecule has 0 aromatic carbocycles. The van der Waals surface area contributed by atoms with Crippen LogP contribution in [0.1, 0.15) is 33.1 Å². The third kappa shape index (κ3) is 1.50. The second-order valence-electron chi connectivity index (χ2n) is 4.98. The van der Waals surface area contributed by atoms with Crippen LogP contribution in [0.4, 0.5) is 12.9 Å². The van der Waals surface area contributed by atoms with Crippen molar-refractivity contribution in [2.75, 3.05) is 0 Å². The molecule has 13 heavy (non-hydrogen) atoms. The molecule has 3 aliphatic rings. The van der Waals surface area contributed by atoms with Gasteiger partial charge in [-0.1, -0.05) is 38.4 Å². The summed E-state index contributed by atoms with van der Waals surface area (Å²) in [5.74, 6) is 0.428. The molecule has 3 rings (SSSR count). The second kappa shape index (κ2) is 3.24. The van der Waals surface area contributed by atoms with Gasteiger partial charge in [0.1, 0.15) is 0 Å². The van der Waals surface area contributed by atoms with Crippen molar-refractivity contribution >= 4 is 6.98 Å². The fourth-order valence-corrected chi connectivity index (χ4v) is 2.91. The summed E-state index contributed by atoms with van der Waals surface area (Å²) in [7, 11) is 0. The number of hydrogen-bond donors (Lipinski definition) is 0. The Labute approximate surface area is 120 Å². The van der Waals surface area contributed by atoms with Gasteiger partial charge in [-0.05, 0) is 11.3 Å². The van der Waals surface area contributed by atoms with Crippen molar-refractivity contribution in [3.8, 4) is 0 Å². The zero-order valence-electron chi connectivity index (χ0n) is 8.41. The van der Waals surface area contributed by atoms with Gasteiger partial charge in [0.2, 0.25) is 0 Å². The molecule has 70 valence electrons. The SMILES string of the molecule is CC(C)C12CC([B-](F)(F)F)(C1)C2.[K+]. The van der Waals surface area contributed by atoms with E-state index in [9.17, 15) is 12.9 Å². The molecule has 0 aromatic rings. The largest absolute Gasteiger partial charge is 1.00 e. The van der Waals surface area contributed by atoms with E-state index in [2.05, 4.69) is 0 Å². The standard InChI is InChI=1S/C8H13BF3.K/c1-6(2)7-3-8(4-7,5-7)9(10,11)12;/h6H,3-5H2,1-2H3;/q-1;+1. The fraction of sp³-hybridized carbons (Fsp3) is 1.00. The molecule has 3 fully saturated rings. The molecule has 0 unspecified atom stereocenters.